The standard InChI is InChI=1S/C17H17NO/c19-15-8-5-13(6-9-15)7-10-17-16-4-2-1-3-14(16)11-12-18-17/h1-6,8-9,19H,7,10-12H2. The number of aliphatic imine (C=N–C) groups is 1. The molecular weight excluding hydrogens is 234 g/mol. The molecule has 1 N–H and O–H groups in total. The van der Waals surface area contributed by atoms with E-state index in [0.29, 0.717) is 5.75 Å². The summed E-state index contributed by atoms with van der Waals surface area (Å²) in [7, 11) is 0. The molecule has 0 saturated carbocycles. The number of fused-ring (bicyclic) bond motifs is 1. The van der Waals surface area contributed by atoms with E-state index in [2.05, 4.69) is 29.3 Å². The van der Waals surface area contributed by atoms with Gasteiger partial charge in [-0.3, -0.25) is 4.99 Å². The predicted octanol–water partition coefficient (Wildman–Crippen LogP) is 3.37. The Kier molecular flexibility index (Phi) is 3.32. The summed E-state index contributed by atoms with van der Waals surface area (Å²) in [6.07, 6.45) is 2.98. The first kappa shape index (κ1) is 12.0. The maximum Gasteiger partial charge on any atom is 0.115 e. The highest BCUT2D eigenvalue weighted by atomic mass is 16.3. The number of benzene rings is 2. The van der Waals surface area contributed by atoms with Crippen LogP contribution in [0.25, 0.3) is 0 Å². The first-order chi connectivity index (χ1) is 9.33. The molecule has 2 aromatic carbocycles. The van der Waals surface area contributed by atoms with Gasteiger partial charge in [-0.15, -0.1) is 0 Å². The number of hydrogen-bond donors (Lipinski definition) is 1. The molecule has 0 fully saturated rings. The van der Waals surface area contributed by atoms with E-state index in [-0.39, 0.29) is 0 Å². The fraction of sp³-hybridized carbons (Fsp3) is 0.235. The molecule has 0 radical (unpaired) electrons. The van der Waals surface area contributed by atoms with E-state index in [1.54, 1.807) is 12.1 Å². The zero-order valence-electron chi connectivity index (χ0n) is 10.8. The zero-order chi connectivity index (χ0) is 13.1. The molecule has 2 heteroatoms. The summed E-state index contributed by atoms with van der Waals surface area (Å²) in [5.41, 5.74) is 5.18. The van der Waals surface area contributed by atoms with Gasteiger partial charge in [0.2, 0.25) is 0 Å². The second kappa shape index (κ2) is 5.27. The van der Waals surface area contributed by atoms with Gasteiger partial charge in [-0.25, -0.2) is 0 Å². The summed E-state index contributed by atoms with van der Waals surface area (Å²) in [4.78, 5) is 4.67. The van der Waals surface area contributed by atoms with Crippen LogP contribution >= 0.6 is 0 Å². The Labute approximate surface area is 113 Å². The average molecular weight is 251 g/mol. The van der Waals surface area contributed by atoms with Gasteiger partial charge in [0.25, 0.3) is 0 Å². The number of phenols is 1. The van der Waals surface area contributed by atoms with Crippen LogP contribution in [0, 0.1) is 0 Å². The van der Waals surface area contributed by atoms with Crippen LogP contribution in [-0.2, 0) is 12.8 Å². The molecule has 1 heterocycles. The molecule has 0 saturated heterocycles. The van der Waals surface area contributed by atoms with Crippen LogP contribution in [0.4, 0.5) is 0 Å². The van der Waals surface area contributed by atoms with E-state index >= 15 is 0 Å². The molecule has 0 aliphatic carbocycles. The number of nitrogens with zero attached hydrogens (tertiary/aromatic N) is 1. The number of aryl methyl sites for hydroxylation is 1. The second-order valence-corrected chi connectivity index (χ2v) is 4.90. The highest BCUT2D eigenvalue weighted by Crippen LogP contribution is 2.19. The molecule has 1 aliphatic rings. The molecule has 19 heavy (non-hydrogen) atoms. The van der Waals surface area contributed by atoms with Crippen molar-refractivity contribution in [2.75, 3.05) is 6.54 Å². The predicted molar refractivity (Wildman–Crippen MR) is 78.0 cm³/mol. The Morgan fingerprint density at radius 1 is 0.947 bits per heavy atom. The maximum atomic E-state index is 9.28. The highest BCUT2D eigenvalue weighted by molar-refractivity contribution is 6.02. The van der Waals surface area contributed by atoms with Crippen LogP contribution in [0.1, 0.15) is 23.1 Å². The minimum atomic E-state index is 0.323. The summed E-state index contributed by atoms with van der Waals surface area (Å²) < 4.78 is 0. The molecule has 2 aromatic rings. The summed E-state index contributed by atoms with van der Waals surface area (Å²) >= 11 is 0. The van der Waals surface area contributed by atoms with Crippen molar-refractivity contribution in [3.05, 3.63) is 65.2 Å². The van der Waals surface area contributed by atoms with Gasteiger partial charge in [-0.05, 0) is 48.1 Å². The number of phenolic OH excluding ortho intramolecular Hbond substituents is 1. The Morgan fingerprint density at radius 2 is 1.74 bits per heavy atom. The van der Waals surface area contributed by atoms with Gasteiger partial charge in [0.15, 0.2) is 0 Å². The minimum absolute atomic E-state index is 0.323. The molecule has 0 spiro atoms. The molecule has 0 unspecified atom stereocenters. The van der Waals surface area contributed by atoms with Crippen molar-refractivity contribution in [2.45, 2.75) is 19.3 Å². The highest BCUT2D eigenvalue weighted by Gasteiger charge is 2.12. The third-order valence-corrected chi connectivity index (χ3v) is 3.60. The van der Waals surface area contributed by atoms with Crippen molar-refractivity contribution in [3.63, 3.8) is 0 Å². The molecule has 0 amide bonds. The lowest BCUT2D eigenvalue weighted by Gasteiger charge is -2.16. The van der Waals surface area contributed by atoms with Crippen molar-refractivity contribution < 1.29 is 5.11 Å². The van der Waals surface area contributed by atoms with Crippen LogP contribution in [-0.4, -0.2) is 17.4 Å². The maximum absolute atomic E-state index is 9.28. The van der Waals surface area contributed by atoms with E-state index in [4.69, 9.17) is 0 Å². The third-order valence-electron chi connectivity index (χ3n) is 3.60. The molecular formula is C17H17NO. The Balaban J connectivity index is 1.74. The average Bonchev–Trinajstić information content (AvgIpc) is 2.47. The molecule has 2 nitrogen and oxygen atoms in total. The molecule has 0 atom stereocenters. The Hall–Kier alpha value is -2.09. The van der Waals surface area contributed by atoms with Gasteiger partial charge in [0.05, 0.1) is 0 Å². The van der Waals surface area contributed by atoms with Crippen LogP contribution in [0.15, 0.2) is 53.5 Å². The summed E-state index contributed by atoms with van der Waals surface area (Å²) in [6, 6.07) is 16.0. The zero-order valence-corrected chi connectivity index (χ0v) is 10.8. The fourth-order valence-corrected chi connectivity index (χ4v) is 2.56. The topological polar surface area (TPSA) is 32.6 Å². The monoisotopic (exact) mass is 251 g/mol. The first-order valence-electron chi connectivity index (χ1n) is 6.72. The van der Waals surface area contributed by atoms with E-state index in [9.17, 15) is 5.11 Å². The van der Waals surface area contributed by atoms with Crippen molar-refractivity contribution >= 4 is 5.71 Å². The quantitative estimate of drug-likeness (QED) is 0.891. The first-order valence-corrected chi connectivity index (χ1v) is 6.72. The van der Waals surface area contributed by atoms with Crippen molar-refractivity contribution in [2.24, 2.45) is 4.99 Å². The lowest BCUT2D eigenvalue weighted by molar-refractivity contribution is 0.475. The van der Waals surface area contributed by atoms with Crippen LogP contribution < -0.4 is 0 Å². The normalized spacial score (nSPS) is 13.8. The third kappa shape index (κ3) is 2.68. The lowest BCUT2D eigenvalue weighted by atomic mass is 9.94. The van der Waals surface area contributed by atoms with Crippen LogP contribution in [0.2, 0.25) is 0 Å². The van der Waals surface area contributed by atoms with Gasteiger partial charge in [0, 0.05) is 12.3 Å². The number of rotatable bonds is 3. The Bertz CT molecular complexity index is 599. The second-order valence-electron chi connectivity index (χ2n) is 4.90. The van der Waals surface area contributed by atoms with Crippen molar-refractivity contribution in [3.8, 4) is 5.75 Å². The summed E-state index contributed by atoms with van der Waals surface area (Å²) in [5.74, 6) is 0.323. The molecule has 0 bridgehead atoms. The lowest BCUT2D eigenvalue weighted by Crippen LogP contribution is -2.13. The van der Waals surface area contributed by atoms with Crippen LogP contribution in [0.5, 0.6) is 5.75 Å². The van der Waals surface area contributed by atoms with Gasteiger partial charge >= 0.3 is 0 Å². The van der Waals surface area contributed by atoms with Gasteiger partial charge in [-0.2, -0.15) is 0 Å². The van der Waals surface area contributed by atoms with Crippen LogP contribution in [0.3, 0.4) is 0 Å². The largest absolute Gasteiger partial charge is 0.508 e. The summed E-state index contributed by atoms with van der Waals surface area (Å²) in [6.45, 7) is 0.905. The van der Waals surface area contributed by atoms with Crippen molar-refractivity contribution in [1.82, 2.24) is 0 Å². The molecule has 0 aromatic heterocycles. The van der Waals surface area contributed by atoms with Gasteiger partial charge in [0.1, 0.15) is 5.75 Å². The number of aromatic hydroxyl groups is 1. The summed E-state index contributed by atoms with van der Waals surface area (Å²) in [5, 5.41) is 9.28. The van der Waals surface area contributed by atoms with Crippen molar-refractivity contribution in [1.29, 1.82) is 0 Å². The van der Waals surface area contributed by atoms with E-state index in [0.717, 1.165) is 25.8 Å². The molecule has 3 rings (SSSR count). The fourth-order valence-electron chi connectivity index (χ4n) is 2.56. The van der Waals surface area contributed by atoms with Gasteiger partial charge < -0.3 is 5.11 Å². The Morgan fingerprint density at radius 3 is 2.58 bits per heavy atom. The van der Waals surface area contributed by atoms with Gasteiger partial charge in [-0.1, -0.05) is 36.4 Å². The SMILES string of the molecule is Oc1ccc(CCC2=NCCc3ccccc32)cc1. The molecule has 1 aliphatic heterocycles. The minimum Gasteiger partial charge on any atom is -0.508 e. The smallest absolute Gasteiger partial charge is 0.115 e. The van der Waals surface area contributed by atoms with E-state index in [1.807, 2.05) is 12.1 Å². The molecule has 96 valence electrons. The number of hydrogen-bond acceptors (Lipinski definition) is 2. The van der Waals surface area contributed by atoms with E-state index < -0.39 is 0 Å². The van der Waals surface area contributed by atoms with E-state index in [1.165, 1.54) is 22.4 Å².